The standard InChI is InChI=1S/C27H38N4O/c1-19-10-9-11-22(29-19)17-31(18-24-28-12-13-30(24)8)16-20-14-21(26(2,3)4)15-23(25(20)32)27(5,6)7/h9-15,32H,16-18H2,1-8H3. The number of hydrogen-bond acceptors (Lipinski definition) is 4. The Morgan fingerprint density at radius 1 is 0.969 bits per heavy atom. The molecular formula is C27H38N4O. The summed E-state index contributed by atoms with van der Waals surface area (Å²) in [6.07, 6.45) is 3.79. The lowest BCUT2D eigenvalue weighted by Gasteiger charge is -2.29. The van der Waals surface area contributed by atoms with Crippen molar-refractivity contribution in [3.05, 3.63) is 76.6 Å². The van der Waals surface area contributed by atoms with Crippen molar-refractivity contribution in [1.29, 1.82) is 0 Å². The molecule has 0 radical (unpaired) electrons. The van der Waals surface area contributed by atoms with E-state index in [0.717, 1.165) is 28.3 Å². The third-order valence-corrected chi connectivity index (χ3v) is 5.87. The van der Waals surface area contributed by atoms with Crippen LogP contribution in [0.5, 0.6) is 5.75 Å². The van der Waals surface area contributed by atoms with E-state index in [1.165, 1.54) is 5.56 Å². The van der Waals surface area contributed by atoms with E-state index in [1.54, 1.807) is 0 Å². The molecule has 0 spiro atoms. The molecule has 2 heterocycles. The highest BCUT2D eigenvalue weighted by atomic mass is 16.3. The highest BCUT2D eigenvalue weighted by molar-refractivity contribution is 5.48. The molecule has 0 atom stereocenters. The Morgan fingerprint density at radius 3 is 2.25 bits per heavy atom. The number of imidazole rings is 1. The topological polar surface area (TPSA) is 54.2 Å². The van der Waals surface area contributed by atoms with Gasteiger partial charge in [-0.3, -0.25) is 9.88 Å². The van der Waals surface area contributed by atoms with Crippen molar-refractivity contribution >= 4 is 0 Å². The summed E-state index contributed by atoms with van der Waals surface area (Å²) in [5.74, 6) is 1.38. The number of nitrogens with zero attached hydrogens (tertiary/aromatic N) is 4. The highest BCUT2D eigenvalue weighted by Crippen LogP contribution is 2.38. The molecule has 0 unspecified atom stereocenters. The molecule has 2 aromatic heterocycles. The molecule has 0 bridgehead atoms. The number of aromatic hydroxyl groups is 1. The number of benzene rings is 1. The van der Waals surface area contributed by atoms with Gasteiger partial charge in [0.2, 0.25) is 0 Å². The predicted octanol–water partition coefficient (Wildman–Crippen LogP) is 5.63. The maximum Gasteiger partial charge on any atom is 0.123 e. The fourth-order valence-corrected chi connectivity index (χ4v) is 3.89. The van der Waals surface area contributed by atoms with Crippen molar-refractivity contribution in [2.75, 3.05) is 0 Å². The van der Waals surface area contributed by atoms with E-state index >= 15 is 0 Å². The summed E-state index contributed by atoms with van der Waals surface area (Å²) in [4.78, 5) is 11.5. The maximum absolute atomic E-state index is 11.3. The minimum Gasteiger partial charge on any atom is -0.507 e. The third kappa shape index (κ3) is 5.77. The molecular weight excluding hydrogens is 396 g/mol. The van der Waals surface area contributed by atoms with Crippen LogP contribution in [0.2, 0.25) is 0 Å². The maximum atomic E-state index is 11.3. The zero-order chi connectivity index (χ0) is 23.7. The molecule has 3 aromatic rings. The Bertz CT molecular complexity index is 1070. The minimum absolute atomic E-state index is 0.00888. The molecule has 0 saturated heterocycles. The molecule has 32 heavy (non-hydrogen) atoms. The Kier molecular flexibility index (Phi) is 6.80. The Hall–Kier alpha value is -2.66. The van der Waals surface area contributed by atoms with Crippen molar-refractivity contribution in [3.8, 4) is 5.75 Å². The van der Waals surface area contributed by atoms with Crippen LogP contribution in [0.25, 0.3) is 0 Å². The normalized spacial score (nSPS) is 12.5. The van der Waals surface area contributed by atoms with E-state index in [1.807, 2.05) is 43.1 Å². The summed E-state index contributed by atoms with van der Waals surface area (Å²) in [5.41, 5.74) is 5.04. The second-order valence-electron chi connectivity index (χ2n) is 10.9. The SMILES string of the molecule is Cc1cccc(CN(Cc2cc(C(C)(C)C)cc(C(C)(C)C)c2O)Cc2nccn2C)n1. The molecule has 1 aromatic carbocycles. The van der Waals surface area contributed by atoms with Gasteiger partial charge in [0.15, 0.2) is 0 Å². The van der Waals surface area contributed by atoms with Crippen molar-refractivity contribution in [3.63, 3.8) is 0 Å². The van der Waals surface area contributed by atoms with Gasteiger partial charge in [0.05, 0.1) is 12.2 Å². The van der Waals surface area contributed by atoms with Crippen molar-refractivity contribution in [1.82, 2.24) is 19.4 Å². The average molecular weight is 435 g/mol. The van der Waals surface area contributed by atoms with Crippen LogP contribution < -0.4 is 0 Å². The molecule has 3 rings (SSSR count). The Morgan fingerprint density at radius 2 is 1.69 bits per heavy atom. The number of phenolic OH excluding ortho intramolecular Hbond substituents is 1. The van der Waals surface area contributed by atoms with Gasteiger partial charge in [-0.05, 0) is 41.0 Å². The van der Waals surface area contributed by atoms with Crippen LogP contribution in [-0.2, 0) is 37.5 Å². The molecule has 0 aliphatic carbocycles. The number of aromatic nitrogens is 3. The predicted molar refractivity (Wildman–Crippen MR) is 131 cm³/mol. The fourth-order valence-electron chi connectivity index (χ4n) is 3.89. The van der Waals surface area contributed by atoms with Gasteiger partial charge in [-0.2, -0.15) is 0 Å². The molecule has 0 amide bonds. The lowest BCUT2D eigenvalue weighted by Crippen LogP contribution is -2.26. The number of pyridine rings is 1. The van der Waals surface area contributed by atoms with Crippen LogP contribution in [0.1, 0.15) is 75.4 Å². The molecule has 0 fully saturated rings. The van der Waals surface area contributed by atoms with E-state index in [0.29, 0.717) is 25.4 Å². The van der Waals surface area contributed by atoms with Gasteiger partial charge in [0, 0.05) is 43.8 Å². The number of aryl methyl sites for hydroxylation is 2. The fraction of sp³-hybridized carbons (Fsp3) is 0.481. The molecule has 5 heteroatoms. The average Bonchev–Trinajstić information content (AvgIpc) is 3.06. The van der Waals surface area contributed by atoms with Crippen LogP contribution in [0.4, 0.5) is 0 Å². The first-order valence-electron chi connectivity index (χ1n) is 11.3. The van der Waals surface area contributed by atoms with Crippen molar-refractivity contribution < 1.29 is 5.11 Å². The second-order valence-corrected chi connectivity index (χ2v) is 10.9. The van der Waals surface area contributed by atoms with Crippen LogP contribution in [-0.4, -0.2) is 24.5 Å². The summed E-state index contributed by atoms with van der Waals surface area (Å²) < 4.78 is 2.04. The van der Waals surface area contributed by atoms with Crippen LogP contribution >= 0.6 is 0 Å². The lowest BCUT2D eigenvalue weighted by molar-refractivity contribution is 0.232. The Balaban J connectivity index is 2.03. The minimum atomic E-state index is -0.150. The lowest BCUT2D eigenvalue weighted by atomic mass is 9.79. The summed E-state index contributed by atoms with van der Waals surface area (Å²) in [7, 11) is 2.01. The third-order valence-electron chi connectivity index (χ3n) is 5.87. The first-order chi connectivity index (χ1) is 14.8. The molecule has 1 N–H and O–H groups in total. The molecule has 172 valence electrons. The van der Waals surface area contributed by atoms with Gasteiger partial charge in [-0.1, -0.05) is 59.7 Å². The van der Waals surface area contributed by atoms with Crippen molar-refractivity contribution in [2.45, 2.75) is 78.9 Å². The molecule has 0 saturated carbocycles. The summed E-state index contributed by atoms with van der Waals surface area (Å²) in [5, 5.41) is 11.3. The monoisotopic (exact) mass is 434 g/mol. The summed E-state index contributed by atoms with van der Waals surface area (Å²) >= 11 is 0. The number of rotatable bonds is 6. The van der Waals surface area contributed by atoms with E-state index in [-0.39, 0.29) is 10.8 Å². The number of phenols is 1. The second kappa shape index (κ2) is 9.07. The van der Waals surface area contributed by atoms with E-state index in [9.17, 15) is 5.11 Å². The van der Waals surface area contributed by atoms with Crippen LogP contribution in [0.15, 0.2) is 42.7 Å². The van der Waals surface area contributed by atoms with E-state index in [4.69, 9.17) is 4.98 Å². The van der Waals surface area contributed by atoms with Crippen molar-refractivity contribution in [2.24, 2.45) is 7.05 Å². The van der Waals surface area contributed by atoms with Gasteiger partial charge in [0.1, 0.15) is 11.6 Å². The largest absolute Gasteiger partial charge is 0.507 e. The van der Waals surface area contributed by atoms with Gasteiger partial charge >= 0.3 is 0 Å². The van der Waals surface area contributed by atoms with Gasteiger partial charge in [0.25, 0.3) is 0 Å². The zero-order valence-electron chi connectivity index (χ0n) is 20.9. The van der Waals surface area contributed by atoms with E-state index < -0.39 is 0 Å². The quantitative estimate of drug-likeness (QED) is 0.546. The summed E-state index contributed by atoms with van der Waals surface area (Å²) in [6.45, 7) is 17.1. The first kappa shape index (κ1) is 24.0. The first-order valence-corrected chi connectivity index (χ1v) is 11.3. The molecule has 0 aliphatic rings. The van der Waals surface area contributed by atoms with Crippen LogP contribution in [0, 0.1) is 6.92 Å². The molecule has 5 nitrogen and oxygen atoms in total. The van der Waals surface area contributed by atoms with Crippen LogP contribution in [0.3, 0.4) is 0 Å². The van der Waals surface area contributed by atoms with Gasteiger partial charge in [-0.25, -0.2) is 4.98 Å². The van der Waals surface area contributed by atoms with E-state index in [2.05, 4.69) is 69.6 Å². The van der Waals surface area contributed by atoms with Gasteiger partial charge in [-0.15, -0.1) is 0 Å². The molecule has 0 aliphatic heterocycles. The Labute approximate surface area is 193 Å². The summed E-state index contributed by atoms with van der Waals surface area (Å²) in [6, 6.07) is 10.5. The zero-order valence-corrected chi connectivity index (χ0v) is 20.9. The highest BCUT2D eigenvalue weighted by Gasteiger charge is 2.26. The smallest absolute Gasteiger partial charge is 0.123 e. The number of hydrogen-bond donors (Lipinski definition) is 1. The van der Waals surface area contributed by atoms with Gasteiger partial charge < -0.3 is 9.67 Å².